The standard InChI is InChI=1S/C16H19N3O/c1-11-5-6-15(16(7-11)20-4)18-10-13-8-14(9-17)19(3)12(13)2/h5-8,18H,10H2,1-4H3. The molecule has 0 aliphatic heterocycles. The summed E-state index contributed by atoms with van der Waals surface area (Å²) < 4.78 is 7.28. The van der Waals surface area contributed by atoms with Crippen LogP contribution in [0.3, 0.4) is 0 Å². The average Bonchev–Trinajstić information content (AvgIpc) is 2.73. The van der Waals surface area contributed by atoms with E-state index in [4.69, 9.17) is 10.00 Å². The molecule has 1 aromatic carbocycles. The number of rotatable bonds is 4. The first-order chi connectivity index (χ1) is 9.56. The summed E-state index contributed by atoms with van der Waals surface area (Å²) in [5.74, 6) is 0.832. The Kier molecular flexibility index (Phi) is 3.99. The molecule has 0 bridgehead atoms. The summed E-state index contributed by atoms with van der Waals surface area (Å²) >= 11 is 0. The summed E-state index contributed by atoms with van der Waals surface area (Å²) in [6.07, 6.45) is 0. The van der Waals surface area contributed by atoms with Gasteiger partial charge in [-0.15, -0.1) is 0 Å². The van der Waals surface area contributed by atoms with Gasteiger partial charge in [-0.25, -0.2) is 0 Å². The van der Waals surface area contributed by atoms with Crippen molar-refractivity contribution in [3.63, 3.8) is 0 Å². The number of nitrogens with zero attached hydrogens (tertiary/aromatic N) is 2. The van der Waals surface area contributed by atoms with Gasteiger partial charge in [-0.2, -0.15) is 5.26 Å². The molecule has 0 aliphatic carbocycles. The molecule has 2 aromatic rings. The molecule has 0 saturated heterocycles. The third kappa shape index (κ3) is 2.62. The predicted molar refractivity (Wildman–Crippen MR) is 79.9 cm³/mol. The van der Waals surface area contributed by atoms with E-state index in [1.165, 1.54) is 0 Å². The number of hydrogen-bond acceptors (Lipinski definition) is 3. The van der Waals surface area contributed by atoms with E-state index in [2.05, 4.69) is 11.4 Å². The second-order valence-corrected chi connectivity index (χ2v) is 4.87. The molecule has 1 aromatic heterocycles. The first-order valence-corrected chi connectivity index (χ1v) is 6.50. The molecule has 0 saturated carbocycles. The van der Waals surface area contributed by atoms with Crippen LogP contribution in [0.25, 0.3) is 0 Å². The Bertz CT molecular complexity index is 665. The highest BCUT2D eigenvalue weighted by molar-refractivity contribution is 5.58. The average molecular weight is 269 g/mol. The molecule has 1 heterocycles. The van der Waals surface area contributed by atoms with E-state index in [-0.39, 0.29) is 0 Å². The van der Waals surface area contributed by atoms with E-state index in [1.807, 2.05) is 49.7 Å². The Balaban J connectivity index is 2.19. The van der Waals surface area contributed by atoms with E-state index in [0.717, 1.165) is 28.3 Å². The lowest BCUT2D eigenvalue weighted by molar-refractivity contribution is 0.416. The van der Waals surface area contributed by atoms with Gasteiger partial charge in [-0.05, 0) is 43.2 Å². The topological polar surface area (TPSA) is 50.0 Å². The van der Waals surface area contributed by atoms with Gasteiger partial charge in [0.1, 0.15) is 17.5 Å². The Morgan fingerprint density at radius 3 is 2.65 bits per heavy atom. The fourth-order valence-corrected chi connectivity index (χ4v) is 2.18. The number of methoxy groups -OCH3 is 1. The van der Waals surface area contributed by atoms with Crippen LogP contribution in [-0.4, -0.2) is 11.7 Å². The highest BCUT2D eigenvalue weighted by Crippen LogP contribution is 2.26. The van der Waals surface area contributed by atoms with Crippen LogP contribution in [0, 0.1) is 25.2 Å². The molecule has 1 N–H and O–H groups in total. The van der Waals surface area contributed by atoms with Crippen molar-refractivity contribution in [2.75, 3.05) is 12.4 Å². The van der Waals surface area contributed by atoms with Crippen LogP contribution in [0.15, 0.2) is 24.3 Å². The first-order valence-electron chi connectivity index (χ1n) is 6.50. The van der Waals surface area contributed by atoms with Gasteiger partial charge in [-0.3, -0.25) is 0 Å². The van der Waals surface area contributed by atoms with Crippen molar-refractivity contribution in [2.45, 2.75) is 20.4 Å². The van der Waals surface area contributed by atoms with E-state index in [9.17, 15) is 0 Å². The second-order valence-electron chi connectivity index (χ2n) is 4.87. The minimum Gasteiger partial charge on any atom is -0.495 e. The smallest absolute Gasteiger partial charge is 0.142 e. The van der Waals surface area contributed by atoms with E-state index in [0.29, 0.717) is 12.2 Å². The Morgan fingerprint density at radius 1 is 1.30 bits per heavy atom. The fraction of sp³-hybridized carbons (Fsp3) is 0.312. The molecule has 4 heteroatoms. The lowest BCUT2D eigenvalue weighted by atomic mass is 10.2. The van der Waals surface area contributed by atoms with Crippen LogP contribution in [0.1, 0.15) is 22.5 Å². The molecule has 20 heavy (non-hydrogen) atoms. The fourth-order valence-electron chi connectivity index (χ4n) is 2.18. The zero-order valence-corrected chi connectivity index (χ0v) is 12.3. The molecule has 104 valence electrons. The SMILES string of the molecule is COc1cc(C)ccc1NCc1cc(C#N)n(C)c1C. The largest absolute Gasteiger partial charge is 0.495 e. The second kappa shape index (κ2) is 5.70. The van der Waals surface area contributed by atoms with Crippen molar-refractivity contribution in [3.8, 4) is 11.8 Å². The quantitative estimate of drug-likeness (QED) is 0.927. The molecule has 2 rings (SSSR count). The third-order valence-electron chi connectivity index (χ3n) is 3.58. The number of hydrogen-bond donors (Lipinski definition) is 1. The van der Waals surface area contributed by atoms with Crippen molar-refractivity contribution in [1.82, 2.24) is 4.57 Å². The van der Waals surface area contributed by atoms with Crippen molar-refractivity contribution in [2.24, 2.45) is 7.05 Å². The predicted octanol–water partition coefficient (Wildman–Crippen LogP) is 3.13. The molecular formula is C16H19N3O. The van der Waals surface area contributed by atoms with Gasteiger partial charge in [0.2, 0.25) is 0 Å². The van der Waals surface area contributed by atoms with Gasteiger partial charge in [-0.1, -0.05) is 6.07 Å². The zero-order valence-electron chi connectivity index (χ0n) is 12.3. The van der Waals surface area contributed by atoms with Gasteiger partial charge < -0.3 is 14.6 Å². The van der Waals surface area contributed by atoms with E-state index < -0.39 is 0 Å². The molecule has 0 radical (unpaired) electrons. The molecule has 0 atom stereocenters. The van der Waals surface area contributed by atoms with Crippen LogP contribution in [0.4, 0.5) is 5.69 Å². The molecule has 0 amide bonds. The van der Waals surface area contributed by atoms with Crippen molar-refractivity contribution in [1.29, 1.82) is 5.26 Å². The summed E-state index contributed by atoms with van der Waals surface area (Å²) in [5, 5.41) is 12.4. The zero-order chi connectivity index (χ0) is 14.7. The van der Waals surface area contributed by atoms with Gasteiger partial charge in [0, 0.05) is 19.3 Å². The first kappa shape index (κ1) is 14.0. The minimum atomic E-state index is 0.667. The molecule has 0 unspecified atom stereocenters. The Labute approximate surface area is 119 Å². The maximum Gasteiger partial charge on any atom is 0.142 e. The van der Waals surface area contributed by atoms with Crippen LogP contribution in [0.5, 0.6) is 5.75 Å². The van der Waals surface area contributed by atoms with Gasteiger partial charge in [0.15, 0.2) is 0 Å². The highest BCUT2D eigenvalue weighted by atomic mass is 16.5. The molecule has 0 spiro atoms. The van der Waals surface area contributed by atoms with Crippen LogP contribution in [0.2, 0.25) is 0 Å². The number of anilines is 1. The van der Waals surface area contributed by atoms with Gasteiger partial charge >= 0.3 is 0 Å². The number of aromatic nitrogens is 1. The Morgan fingerprint density at radius 2 is 2.05 bits per heavy atom. The Hall–Kier alpha value is -2.41. The third-order valence-corrected chi connectivity index (χ3v) is 3.58. The molecule has 0 aliphatic rings. The summed E-state index contributed by atoms with van der Waals surface area (Å²) in [7, 11) is 3.57. The highest BCUT2D eigenvalue weighted by Gasteiger charge is 2.09. The van der Waals surface area contributed by atoms with Crippen molar-refractivity contribution in [3.05, 3.63) is 46.8 Å². The van der Waals surface area contributed by atoms with Crippen LogP contribution in [-0.2, 0) is 13.6 Å². The van der Waals surface area contributed by atoms with Gasteiger partial charge in [0.05, 0.1) is 12.8 Å². The minimum absolute atomic E-state index is 0.667. The lowest BCUT2D eigenvalue weighted by Gasteiger charge is -2.12. The summed E-state index contributed by atoms with van der Waals surface area (Å²) in [6, 6.07) is 10.2. The summed E-state index contributed by atoms with van der Waals surface area (Å²) in [4.78, 5) is 0. The maximum atomic E-state index is 9.04. The monoisotopic (exact) mass is 269 g/mol. The van der Waals surface area contributed by atoms with Gasteiger partial charge in [0.25, 0.3) is 0 Å². The van der Waals surface area contributed by atoms with Crippen LogP contribution >= 0.6 is 0 Å². The normalized spacial score (nSPS) is 10.2. The van der Waals surface area contributed by atoms with Crippen molar-refractivity contribution >= 4 is 5.69 Å². The van der Waals surface area contributed by atoms with E-state index in [1.54, 1.807) is 7.11 Å². The molecule has 0 fully saturated rings. The summed E-state index contributed by atoms with van der Waals surface area (Å²) in [5.41, 5.74) is 5.01. The molecular weight excluding hydrogens is 250 g/mol. The number of benzene rings is 1. The van der Waals surface area contributed by atoms with Crippen molar-refractivity contribution < 1.29 is 4.74 Å². The number of ether oxygens (including phenoxy) is 1. The number of aryl methyl sites for hydroxylation is 1. The van der Waals surface area contributed by atoms with E-state index >= 15 is 0 Å². The maximum absolute atomic E-state index is 9.04. The molecule has 4 nitrogen and oxygen atoms in total. The number of nitriles is 1. The lowest BCUT2D eigenvalue weighted by Crippen LogP contribution is -2.03. The van der Waals surface area contributed by atoms with Crippen LogP contribution < -0.4 is 10.1 Å². The summed E-state index contributed by atoms with van der Waals surface area (Å²) in [6.45, 7) is 4.72. The number of nitrogens with one attached hydrogen (secondary N) is 1.